The Hall–Kier alpha value is -2.41. The summed E-state index contributed by atoms with van der Waals surface area (Å²) < 4.78 is 11.1. The number of anilines is 1. The molecule has 0 spiro atoms. The molecule has 3 rings (SSSR count). The molecule has 25 heavy (non-hydrogen) atoms. The number of hydrogen-bond donors (Lipinski definition) is 2. The molecule has 2 heterocycles. The number of aromatic nitrogens is 2. The Balaban J connectivity index is 1.67. The summed E-state index contributed by atoms with van der Waals surface area (Å²) in [6, 6.07) is 5.75. The second-order valence-corrected chi connectivity index (χ2v) is 6.83. The molecule has 0 saturated carbocycles. The fraction of sp³-hybridized carbons (Fsp3) is 0.500. The van der Waals surface area contributed by atoms with Crippen LogP contribution >= 0.6 is 0 Å². The van der Waals surface area contributed by atoms with E-state index in [4.69, 9.17) is 9.15 Å². The molecule has 0 radical (unpaired) electrons. The molecular weight excluding hydrogens is 320 g/mol. The molecule has 1 amide bonds. The highest BCUT2D eigenvalue weighted by Gasteiger charge is 2.20. The van der Waals surface area contributed by atoms with Gasteiger partial charge in [-0.2, -0.15) is 0 Å². The molecule has 1 aromatic heterocycles. The van der Waals surface area contributed by atoms with E-state index in [0.717, 1.165) is 12.0 Å². The van der Waals surface area contributed by atoms with Crippen molar-refractivity contribution in [1.29, 1.82) is 0 Å². The van der Waals surface area contributed by atoms with E-state index in [1.54, 1.807) is 0 Å². The molecule has 0 saturated heterocycles. The number of carbonyl (C=O) groups excluding carboxylic acids is 1. The zero-order valence-corrected chi connectivity index (χ0v) is 15.0. The third kappa shape index (κ3) is 4.17. The summed E-state index contributed by atoms with van der Waals surface area (Å²) >= 11 is 0. The monoisotopic (exact) mass is 344 g/mol. The summed E-state index contributed by atoms with van der Waals surface area (Å²) in [4.78, 5) is 11.5. The van der Waals surface area contributed by atoms with Crippen LogP contribution in [0.25, 0.3) is 0 Å². The van der Waals surface area contributed by atoms with E-state index in [2.05, 4.69) is 41.6 Å². The van der Waals surface area contributed by atoms with Gasteiger partial charge in [0.25, 0.3) is 5.91 Å². The number of nitrogens with one attached hydrogen (secondary N) is 2. The highest BCUT2D eigenvalue weighted by molar-refractivity contribution is 5.95. The highest BCUT2D eigenvalue weighted by Crippen LogP contribution is 2.31. The van der Waals surface area contributed by atoms with E-state index in [-0.39, 0.29) is 24.6 Å². The largest absolute Gasteiger partial charge is 0.482 e. The normalized spacial score (nSPS) is 16.1. The maximum atomic E-state index is 11.5. The fourth-order valence-electron chi connectivity index (χ4n) is 2.79. The van der Waals surface area contributed by atoms with Gasteiger partial charge in [0, 0.05) is 12.5 Å². The topological polar surface area (TPSA) is 89.3 Å². The molecule has 7 heteroatoms. The number of fused-ring (bicyclic) bond motifs is 1. The van der Waals surface area contributed by atoms with E-state index in [1.807, 2.05) is 25.1 Å². The predicted octanol–water partition coefficient (Wildman–Crippen LogP) is 3.01. The Labute approximate surface area is 147 Å². The molecular formula is C18H24N4O3. The first-order valence-electron chi connectivity index (χ1n) is 8.57. The highest BCUT2D eigenvalue weighted by atomic mass is 16.5. The first-order valence-corrected chi connectivity index (χ1v) is 8.57. The van der Waals surface area contributed by atoms with Crippen LogP contribution in [0, 0.1) is 5.92 Å². The quantitative estimate of drug-likeness (QED) is 0.837. The SMILES string of the molecule is CC(C)Cc1nnc([C@H](C)N[C@@H](C)c2ccc3c(c2)NC(=O)CO3)o1. The van der Waals surface area contributed by atoms with E-state index < -0.39 is 0 Å². The van der Waals surface area contributed by atoms with Crippen LogP contribution in [0.1, 0.15) is 57.1 Å². The maximum absolute atomic E-state index is 11.5. The summed E-state index contributed by atoms with van der Waals surface area (Å²) in [6.45, 7) is 8.34. The third-order valence-corrected chi connectivity index (χ3v) is 4.07. The number of carbonyl (C=O) groups is 1. The lowest BCUT2D eigenvalue weighted by Gasteiger charge is -2.22. The number of rotatable bonds is 6. The minimum atomic E-state index is -0.137. The molecule has 1 aromatic carbocycles. The van der Waals surface area contributed by atoms with Crippen molar-refractivity contribution >= 4 is 11.6 Å². The molecule has 0 aliphatic carbocycles. The second-order valence-electron chi connectivity index (χ2n) is 6.83. The summed E-state index contributed by atoms with van der Waals surface area (Å²) in [5.74, 6) is 2.28. The van der Waals surface area contributed by atoms with Gasteiger partial charge in [0.1, 0.15) is 5.75 Å². The van der Waals surface area contributed by atoms with Gasteiger partial charge in [-0.15, -0.1) is 10.2 Å². The van der Waals surface area contributed by atoms with Gasteiger partial charge in [-0.3, -0.25) is 10.1 Å². The molecule has 0 fully saturated rings. The molecule has 7 nitrogen and oxygen atoms in total. The van der Waals surface area contributed by atoms with Crippen molar-refractivity contribution in [2.45, 2.75) is 46.2 Å². The van der Waals surface area contributed by atoms with Crippen LogP contribution < -0.4 is 15.4 Å². The molecule has 134 valence electrons. The molecule has 1 aliphatic rings. The number of amides is 1. The van der Waals surface area contributed by atoms with Gasteiger partial charge in [-0.25, -0.2) is 0 Å². The van der Waals surface area contributed by atoms with Gasteiger partial charge in [0.05, 0.1) is 11.7 Å². The van der Waals surface area contributed by atoms with Crippen molar-refractivity contribution in [2.24, 2.45) is 5.92 Å². The third-order valence-electron chi connectivity index (χ3n) is 4.07. The van der Waals surface area contributed by atoms with Crippen LogP contribution in [0.4, 0.5) is 5.69 Å². The smallest absolute Gasteiger partial charge is 0.262 e. The fourth-order valence-corrected chi connectivity index (χ4v) is 2.79. The van der Waals surface area contributed by atoms with Crippen LogP contribution in [0.3, 0.4) is 0 Å². The molecule has 1 aliphatic heterocycles. The van der Waals surface area contributed by atoms with E-state index in [0.29, 0.717) is 29.1 Å². The lowest BCUT2D eigenvalue weighted by molar-refractivity contribution is -0.118. The molecule has 2 N–H and O–H groups in total. The van der Waals surface area contributed by atoms with Gasteiger partial charge < -0.3 is 14.5 Å². The zero-order valence-electron chi connectivity index (χ0n) is 15.0. The van der Waals surface area contributed by atoms with Crippen LogP contribution in [-0.4, -0.2) is 22.7 Å². The van der Waals surface area contributed by atoms with Crippen LogP contribution in [0.15, 0.2) is 22.6 Å². The van der Waals surface area contributed by atoms with Crippen LogP contribution in [0.2, 0.25) is 0 Å². The minimum absolute atomic E-state index is 0.0413. The van der Waals surface area contributed by atoms with E-state index in [9.17, 15) is 4.79 Å². The Morgan fingerprint density at radius 1 is 1.20 bits per heavy atom. The van der Waals surface area contributed by atoms with Gasteiger partial charge in [-0.05, 0) is 37.5 Å². The Morgan fingerprint density at radius 2 is 2.00 bits per heavy atom. The van der Waals surface area contributed by atoms with E-state index in [1.165, 1.54) is 0 Å². The molecule has 0 bridgehead atoms. The van der Waals surface area contributed by atoms with Crippen molar-refractivity contribution in [3.05, 3.63) is 35.5 Å². The van der Waals surface area contributed by atoms with Crippen molar-refractivity contribution in [3.63, 3.8) is 0 Å². The molecule has 2 aromatic rings. The summed E-state index contributed by atoms with van der Waals surface area (Å²) in [5.41, 5.74) is 1.74. The summed E-state index contributed by atoms with van der Waals surface area (Å²) in [7, 11) is 0. The zero-order chi connectivity index (χ0) is 18.0. The van der Waals surface area contributed by atoms with Gasteiger partial charge in [0.2, 0.25) is 11.8 Å². The van der Waals surface area contributed by atoms with E-state index >= 15 is 0 Å². The lowest BCUT2D eigenvalue weighted by atomic mass is 10.1. The lowest BCUT2D eigenvalue weighted by Crippen LogP contribution is -2.26. The molecule has 0 unspecified atom stereocenters. The molecule has 2 atom stereocenters. The second kappa shape index (κ2) is 7.23. The predicted molar refractivity (Wildman–Crippen MR) is 93.4 cm³/mol. The number of nitrogens with zero attached hydrogens (tertiary/aromatic N) is 2. The summed E-state index contributed by atoms with van der Waals surface area (Å²) in [5, 5.41) is 14.5. The van der Waals surface area contributed by atoms with Gasteiger partial charge >= 0.3 is 0 Å². The maximum Gasteiger partial charge on any atom is 0.262 e. The van der Waals surface area contributed by atoms with Crippen LogP contribution in [-0.2, 0) is 11.2 Å². The van der Waals surface area contributed by atoms with Crippen molar-refractivity contribution in [3.8, 4) is 5.75 Å². The van der Waals surface area contributed by atoms with Crippen molar-refractivity contribution in [2.75, 3.05) is 11.9 Å². The Morgan fingerprint density at radius 3 is 2.76 bits per heavy atom. The van der Waals surface area contributed by atoms with Gasteiger partial charge in [-0.1, -0.05) is 19.9 Å². The number of hydrogen-bond acceptors (Lipinski definition) is 6. The minimum Gasteiger partial charge on any atom is -0.482 e. The van der Waals surface area contributed by atoms with Gasteiger partial charge in [0.15, 0.2) is 6.61 Å². The first kappa shape index (κ1) is 17.4. The first-order chi connectivity index (χ1) is 11.9. The summed E-state index contributed by atoms with van der Waals surface area (Å²) in [6.07, 6.45) is 0.778. The standard InChI is InChI=1S/C18H24N4O3/c1-10(2)7-17-21-22-18(25-17)12(4)19-11(3)13-5-6-15-14(8-13)20-16(23)9-24-15/h5-6,8,10-12,19H,7,9H2,1-4H3,(H,20,23)/t11-,12-/m0/s1. The van der Waals surface area contributed by atoms with Crippen molar-refractivity contribution in [1.82, 2.24) is 15.5 Å². The Kier molecular flexibility index (Phi) is 5.03. The Bertz CT molecular complexity index is 757. The average molecular weight is 344 g/mol. The van der Waals surface area contributed by atoms with Crippen molar-refractivity contribution < 1.29 is 13.9 Å². The number of ether oxygens (including phenoxy) is 1. The van der Waals surface area contributed by atoms with Crippen LogP contribution in [0.5, 0.6) is 5.75 Å². The number of benzene rings is 1. The average Bonchev–Trinajstić information content (AvgIpc) is 3.01.